The summed E-state index contributed by atoms with van der Waals surface area (Å²) in [5.41, 5.74) is 1.50. The maximum Gasteiger partial charge on any atom is 0.338 e. The van der Waals surface area contributed by atoms with E-state index in [1.165, 1.54) is 23.5 Å². The normalized spacial score (nSPS) is 10.5. The van der Waals surface area contributed by atoms with Gasteiger partial charge < -0.3 is 5.11 Å². The largest absolute Gasteiger partial charge is 0.478 e. The lowest BCUT2D eigenvalue weighted by molar-refractivity contribution is 0.0697. The third-order valence-electron chi connectivity index (χ3n) is 2.42. The molecule has 0 aliphatic rings. The molecule has 0 radical (unpaired) electrons. The molecule has 0 spiro atoms. The fourth-order valence-electron chi connectivity index (χ4n) is 1.60. The number of thiophene rings is 1. The van der Waals surface area contributed by atoms with Crippen molar-refractivity contribution in [2.45, 2.75) is 6.92 Å². The summed E-state index contributed by atoms with van der Waals surface area (Å²) in [7, 11) is 0. The summed E-state index contributed by atoms with van der Waals surface area (Å²) in [6.07, 6.45) is 0. The molecule has 1 heterocycles. The molecule has 0 saturated carbocycles. The van der Waals surface area contributed by atoms with Gasteiger partial charge in [0.1, 0.15) is 10.2 Å². The predicted molar refractivity (Wildman–Crippen MR) is 66.4 cm³/mol. The van der Waals surface area contributed by atoms with E-state index >= 15 is 0 Å². The van der Waals surface area contributed by atoms with Crippen molar-refractivity contribution in [2.24, 2.45) is 0 Å². The highest BCUT2D eigenvalue weighted by Crippen LogP contribution is 2.39. The van der Waals surface area contributed by atoms with Crippen molar-refractivity contribution in [2.75, 3.05) is 0 Å². The van der Waals surface area contributed by atoms with Crippen LogP contribution >= 0.6 is 22.9 Å². The number of hydrogen-bond donors (Lipinski definition) is 1. The van der Waals surface area contributed by atoms with Gasteiger partial charge in [-0.25, -0.2) is 9.18 Å². The van der Waals surface area contributed by atoms with Gasteiger partial charge in [0.2, 0.25) is 0 Å². The van der Waals surface area contributed by atoms with Gasteiger partial charge in [0.05, 0.1) is 5.56 Å². The molecule has 5 heteroatoms. The summed E-state index contributed by atoms with van der Waals surface area (Å²) < 4.78 is 13.0. The van der Waals surface area contributed by atoms with Crippen LogP contribution in [0.5, 0.6) is 0 Å². The van der Waals surface area contributed by atoms with Crippen LogP contribution in [0.3, 0.4) is 0 Å². The Morgan fingerprint density at radius 2 is 1.94 bits per heavy atom. The molecule has 0 atom stereocenters. The van der Waals surface area contributed by atoms with E-state index in [2.05, 4.69) is 0 Å². The van der Waals surface area contributed by atoms with E-state index in [-0.39, 0.29) is 15.7 Å². The van der Waals surface area contributed by atoms with Gasteiger partial charge in [-0.2, -0.15) is 0 Å². The average molecular weight is 271 g/mol. The Labute approximate surface area is 106 Å². The van der Waals surface area contributed by atoms with E-state index in [4.69, 9.17) is 16.7 Å². The third kappa shape index (κ3) is 2.18. The molecule has 1 N–H and O–H groups in total. The highest BCUT2D eigenvalue weighted by Gasteiger charge is 2.19. The number of halogens is 2. The van der Waals surface area contributed by atoms with Crippen molar-refractivity contribution in [3.05, 3.63) is 45.5 Å². The van der Waals surface area contributed by atoms with E-state index in [0.29, 0.717) is 5.56 Å². The van der Waals surface area contributed by atoms with Crippen LogP contribution in [0.1, 0.15) is 15.9 Å². The summed E-state index contributed by atoms with van der Waals surface area (Å²) in [6.45, 7) is 1.70. The van der Waals surface area contributed by atoms with E-state index in [1.807, 2.05) is 0 Å². The molecule has 1 aromatic heterocycles. The molecule has 0 amide bonds. The zero-order valence-corrected chi connectivity index (χ0v) is 10.4. The smallest absolute Gasteiger partial charge is 0.338 e. The number of rotatable bonds is 2. The maximum atomic E-state index is 12.8. The average Bonchev–Trinajstić information content (AvgIpc) is 2.55. The lowest BCUT2D eigenvalue weighted by Gasteiger charge is -2.00. The molecule has 17 heavy (non-hydrogen) atoms. The number of aromatic carboxylic acids is 1. The fraction of sp³-hybridized carbons (Fsp3) is 0.0833. The molecule has 1 aromatic carbocycles. The van der Waals surface area contributed by atoms with Crippen LogP contribution in [-0.4, -0.2) is 11.1 Å². The highest BCUT2D eigenvalue weighted by molar-refractivity contribution is 7.20. The molecular formula is C12H8ClFO2S. The number of carboxylic acids is 1. The standard InChI is InChI=1S/C12H8ClFO2S/c1-6-9(12(15)16)11(13)17-10(6)7-2-4-8(14)5-3-7/h2-5H,1H3,(H,15,16). The molecule has 2 nitrogen and oxygen atoms in total. The van der Waals surface area contributed by atoms with Crippen molar-refractivity contribution >= 4 is 28.9 Å². The molecule has 0 unspecified atom stereocenters. The van der Waals surface area contributed by atoms with Gasteiger partial charge >= 0.3 is 5.97 Å². The van der Waals surface area contributed by atoms with Gasteiger partial charge in [0, 0.05) is 4.88 Å². The molecule has 0 bridgehead atoms. The van der Waals surface area contributed by atoms with Crippen LogP contribution in [0.4, 0.5) is 4.39 Å². The Hall–Kier alpha value is -1.39. The van der Waals surface area contributed by atoms with Gasteiger partial charge in [-0.05, 0) is 30.2 Å². The minimum Gasteiger partial charge on any atom is -0.478 e. The van der Waals surface area contributed by atoms with E-state index in [1.54, 1.807) is 19.1 Å². The van der Waals surface area contributed by atoms with Gasteiger partial charge in [0.15, 0.2) is 0 Å². The fourth-order valence-corrected chi connectivity index (χ4v) is 3.08. The summed E-state index contributed by atoms with van der Waals surface area (Å²) in [4.78, 5) is 11.8. The first-order valence-electron chi connectivity index (χ1n) is 4.79. The van der Waals surface area contributed by atoms with Crippen molar-refractivity contribution in [3.8, 4) is 10.4 Å². The zero-order chi connectivity index (χ0) is 12.6. The van der Waals surface area contributed by atoms with Gasteiger partial charge in [-0.1, -0.05) is 23.7 Å². The van der Waals surface area contributed by atoms with Crippen LogP contribution in [-0.2, 0) is 0 Å². The molecule has 88 valence electrons. The molecule has 0 aliphatic heterocycles. The Balaban J connectivity index is 2.57. The van der Waals surface area contributed by atoms with Crippen molar-refractivity contribution in [1.29, 1.82) is 0 Å². The monoisotopic (exact) mass is 270 g/mol. The van der Waals surface area contributed by atoms with Crippen molar-refractivity contribution < 1.29 is 14.3 Å². The molecule has 0 fully saturated rings. The second kappa shape index (κ2) is 4.47. The van der Waals surface area contributed by atoms with Gasteiger partial charge in [-0.15, -0.1) is 11.3 Å². The van der Waals surface area contributed by atoms with Crippen LogP contribution in [0.2, 0.25) is 4.34 Å². The predicted octanol–water partition coefficient (Wildman–Crippen LogP) is 4.21. The van der Waals surface area contributed by atoms with Crippen molar-refractivity contribution in [3.63, 3.8) is 0 Å². The maximum absolute atomic E-state index is 12.8. The van der Waals surface area contributed by atoms with Crippen molar-refractivity contribution in [1.82, 2.24) is 0 Å². The van der Waals surface area contributed by atoms with Crippen LogP contribution in [0, 0.1) is 12.7 Å². The summed E-state index contributed by atoms with van der Waals surface area (Å²) in [6, 6.07) is 5.89. The van der Waals surface area contributed by atoms with Crippen LogP contribution in [0.15, 0.2) is 24.3 Å². The minimum absolute atomic E-state index is 0.121. The number of benzene rings is 1. The minimum atomic E-state index is -1.04. The lowest BCUT2D eigenvalue weighted by atomic mass is 10.1. The van der Waals surface area contributed by atoms with E-state index < -0.39 is 5.97 Å². The topological polar surface area (TPSA) is 37.3 Å². The second-order valence-electron chi connectivity index (χ2n) is 3.52. The van der Waals surface area contributed by atoms with E-state index in [9.17, 15) is 9.18 Å². The third-order valence-corrected chi connectivity index (χ3v) is 3.97. The Morgan fingerprint density at radius 3 is 2.41 bits per heavy atom. The first kappa shape index (κ1) is 12.1. The second-order valence-corrected chi connectivity index (χ2v) is 5.14. The molecule has 0 aliphatic carbocycles. The quantitative estimate of drug-likeness (QED) is 0.887. The summed E-state index contributed by atoms with van der Waals surface area (Å²) in [5.74, 6) is -1.37. The summed E-state index contributed by atoms with van der Waals surface area (Å²) in [5, 5.41) is 9.01. The molecule has 2 aromatic rings. The van der Waals surface area contributed by atoms with Crippen LogP contribution in [0.25, 0.3) is 10.4 Å². The summed E-state index contributed by atoms with van der Waals surface area (Å²) >= 11 is 7.08. The molecule has 0 saturated heterocycles. The van der Waals surface area contributed by atoms with Gasteiger partial charge in [-0.3, -0.25) is 0 Å². The highest BCUT2D eigenvalue weighted by atomic mass is 35.5. The number of carbonyl (C=O) groups is 1. The number of hydrogen-bond acceptors (Lipinski definition) is 2. The SMILES string of the molecule is Cc1c(-c2ccc(F)cc2)sc(Cl)c1C(=O)O. The first-order chi connectivity index (χ1) is 8.00. The first-order valence-corrected chi connectivity index (χ1v) is 5.98. The van der Waals surface area contributed by atoms with Gasteiger partial charge in [0.25, 0.3) is 0 Å². The number of carboxylic acid groups (broad SMARTS) is 1. The Kier molecular flexibility index (Phi) is 3.17. The lowest BCUT2D eigenvalue weighted by Crippen LogP contribution is -1.97. The Bertz CT molecular complexity index is 575. The molecule has 2 rings (SSSR count). The molecular weight excluding hydrogens is 263 g/mol. The Morgan fingerprint density at radius 1 is 1.35 bits per heavy atom. The van der Waals surface area contributed by atoms with Crippen LogP contribution < -0.4 is 0 Å². The zero-order valence-electron chi connectivity index (χ0n) is 8.83. The van der Waals surface area contributed by atoms with E-state index in [0.717, 1.165) is 10.4 Å².